The Hall–Kier alpha value is -2.75. The molecule has 0 aliphatic rings. The van der Waals surface area contributed by atoms with Crippen LogP contribution in [0.1, 0.15) is 33.6 Å². The summed E-state index contributed by atoms with van der Waals surface area (Å²) in [4.78, 5) is 18.1. The molecule has 2 atom stereocenters. The number of amides is 1. The van der Waals surface area contributed by atoms with Gasteiger partial charge in [-0.1, -0.05) is 18.2 Å². The van der Waals surface area contributed by atoms with Crippen molar-refractivity contribution in [2.45, 2.75) is 45.9 Å². The fourth-order valence-electron chi connectivity index (χ4n) is 2.62. The lowest BCUT2D eigenvalue weighted by Gasteiger charge is -2.29. The Morgan fingerprint density at radius 1 is 1.33 bits per heavy atom. The SMILES string of the molecule is C=NC/C(O)=C(\C(=O)N(C)C(C)/C(=C/CC/C=C\C(F)=C/C)O/C=C\C)C(O)NCCOC. The number of carbonyl (C=O) groups is 1. The topological polar surface area (TPSA) is 104 Å². The van der Waals surface area contributed by atoms with Crippen LogP contribution in [-0.2, 0) is 14.3 Å². The zero-order valence-corrected chi connectivity index (χ0v) is 20.3. The van der Waals surface area contributed by atoms with E-state index in [-0.39, 0.29) is 30.2 Å². The Kier molecular flexibility index (Phi) is 16.3. The number of carbonyl (C=O) groups excluding carboxylic acids is 1. The van der Waals surface area contributed by atoms with Crippen LogP contribution in [0.2, 0.25) is 0 Å². The highest BCUT2D eigenvalue weighted by Crippen LogP contribution is 2.18. The molecule has 0 bridgehead atoms. The molecule has 0 saturated heterocycles. The molecule has 3 N–H and O–H groups in total. The van der Waals surface area contributed by atoms with Gasteiger partial charge in [0.1, 0.15) is 23.6 Å². The lowest BCUT2D eigenvalue weighted by Crippen LogP contribution is -2.44. The van der Waals surface area contributed by atoms with E-state index >= 15 is 0 Å². The summed E-state index contributed by atoms with van der Waals surface area (Å²) in [5.41, 5.74) is -0.233. The molecule has 0 saturated carbocycles. The molecule has 33 heavy (non-hydrogen) atoms. The number of ether oxygens (including phenoxy) is 2. The number of aliphatic hydroxyl groups is 2. The van der Waals surface area contributed by atoms with E-state index in [4.69, 9.17) is 9.47 Å². The van der Waals surface area contributed by atoms with E-state index in [1.165, 1.54) is 37.5 Å². The van der Waals surface area contributed by atoms with E-state index in [2.05, 4.69) is 17.0 Å². The van der Waals surface area contributed by atoms with Gasteiger partial charge in [-0.05, 0) is 52.5 Å². The first-order valence-electron chi connectivity index (χ1n) is 10.7. The Labute approximate surface area is 196 Å². The van der Waals surface area contributed by atoms with Crippen molar-refractivity contribution in [3.05, 3.63) is 59.6 Å². The first kappa shape index (κ1) is 30.2. The number of nitrogens with one attached hydrogen (secondary N) is 1. The van der Waals surface area contributed by atoms with E-state index in [0.29, 0.717) is 25.2 Å². The molecular weight excluding hydrogens is 429 g/mol. The van der Waals surface area contributed by atoms with Crippen molar-refractivity contribution >= 4 is 12.6 Å². The van der Waals surface area contributed by atoms with Crippen LogP contribution in [-0.4, -0.2) is 73.9 Å². The fourth-order valence-corrected chi connectivity index (χ4v) is 2.62. The lowest BCUT2D eigenvalue weighted by atomic mass is 10.1. The van der Waals surface area contributed by atoms with E-state index in [0.717, 1.165) is 0 Å². The van der Waals surface area contributed by atoms with Gasteiger partial charge in [0, 0.05) is 20.7 Å². The first-order valence-corrected chi connectivity index (χ1v) is 10.7. The summed E-state index contributed by atoms with van der Waals surface area (Å²) in [5, 5.41) is 23.6. The number of nitrogens with zero attached hydrogens (tertiary/aromatic N) is 2. The number of aliphatic hydroxyl groups excluding tert-OH is 2. The van der Waals surface area contributed by atoms with Gasteiger partial charge < -0.3 is 24.6 Å². The third-order valence-electron chi connectivity index (χ3n) is 4.61. The monoisotopic (exact) mass is 467 g/mol. The summed E-state index contributed by atoms with van der Waals surface area (Å²) in [6.07, 6.45) is 9.19. The molecule has 1 amide bonds. The number of methoxy groups -OCH3 is 1. The maximum Gasteiger partial charge on any atom is 0.257 e. The molecule has 0 rings (SSSR count). The molecule has 0 aliphatic carbocycles. The van der Waals surface area contributed by atoms with Gasteiger partial charge in [-0.15, -0.1) is 0 Å². The zero-order valence-electron chi connectivity index (χ0n) is 20.3. The van der Waals surface area contributed by atoms with Gasteiger partial charge in [0.2, 0.25) is 0 Å². The summed E-state index contributed by atoms with van der Waals surface area (Å²) >= 11 is 0. The van der Waals surface area contributed by atoms with Crippen molar-refractivity contribution in [2.75, 3.05) is 33.9 Å². The van der Waals surface area contributed by atoms with Crippen molar-refractivity contribution in [3.8, 4) is 0 Å². The summed E-state index contributed by atoms with van der Waals surface area (Å²) in [6, 6.07) is -0.532. The Bertz CT molecular complexity index is 759. The van der Waals surface area contributed by atoms with E-state index in [1.54, 1.807) is 32.9 Å². The number of rotatable bonds is 16. The van der Waals surface area contributed by atoms with Crippen LogP contribution in [0, 0.1) is 0 Å². The minimum absolute atomic E-state index is 0.223. The van der Waals surface area contributed by atoms with Crippen LogP contribution in [0.5, 0.6) is 0 Å². The zero-order chi connectivity index (χ0) is 25.2. The van der Waals surface area contributed by atoms with Gasteiger partial charge in [-0.25, -0.2) is 4.39 Å². The summed E-state index contributed by atoms with van der Waals surface area (Å²) in [6.45, 7) is 8.84. The van der Waals surface area contributed by atoms with Crippen molar-refractivity contribution in [1.29, 1.82) is 0 Å². The van der Waals surface area contributed by atoms with Gasteiger partial charge >= 0.3 is 0 Å². The molecule has 8 nitrogen and oxygen atoms in total. The van der Waals surface area contributed by atoms with Crippen LogP contribution < -0.4 is 5.32 Å². The van der Waals surface area contributed by atoms with Crippen molar-refractivity contribution in [2.24, 2.45) is 4.99 Å². The molecule has 0 heterocycles. The fraction of sp³-hybridized carbons (Fsp3) is 0.500. The summed E-state index contributed by atoms with van der Waals surface area (Å²) in [5.74, 6) is -0.811. The van der Waals surface area contributed by atoms with Crippen molar-refractivity contribution in [1.82, 2.24) is 10.2 Å². The second kappa shape index (κ2) is 17.8. The number of hydrogen-bond donors (Lipinski definition) is 3. The number of hydrogen-bond acceptors (Lipinski definition) is 7. The van der Waals surface area contributed by atoms with Crippen LogP contribution >= 0.6 is 0 Å². The third-order valence-corrected chi connectivity index (χ3v) is 4.61. The third kappa shape index (κ3) is 11.6. The van der Waals surface area contributed by atoms with E-state index < -0.39 is 18.2 Å². The number of unbranched alkanes of at least 4 members (excludes halogenated alkanes) is 1. The number of aliphatic imine (C=N–C) groups is 1. The molecule has 186 valence electrons. The quantitative estimate of drug-likeness (QED) is 0.0801. The molecule has 0 radical (unpaired) electrons. The highest BCUT2D eigenvalue weighted by molar-refractivity contribution is 5.95. The molecule has 2 unspecified atom stereocenters. The Balaban J connectivity index is 5.66. The molecule has 0 aromatic rings. The van der Waals surface area contributed by atoms with Gasteiger partial charge in [0.25, 0.3) is 5.91 Å². The van der Waals surface area contributed by atoms with Gasteiger partial charge in [-0.3, -0.25) is 15.1 Å². The van der Waals surface area contributed by atoms with Gasteiger partial charge in [-0.2, -0.15) is 0 Å². The number of halogens is 1. The first-order chi connectivity index (χ1) is 15.7. The highest BCUT2D eigenvalue weighted by atomic mass is 19.1. The minimum Gasteiger partial charge on any atom is -0.510 e. The largest absolute Gasteiger partial charge is 0.510 e. The predicted octanol–water partition coefficient (Wildman–Crippen LogP) is 3.54. The summed E-state index contributed by atoms with van der Waals surface area (Å²) < 4.78 is 23.8. The van der Waals surface area contributed by atoms with E-state index in [9.17, 15) is 19.4 Å². The van der Waals surface area contributed by atoms with Gasteiger partial charge in [0.15, 0.2) is 0 Å². The highest BCUT2D eigenvalue weighted by Gasteiger charge is 2.29. The molecule has 0 aromatic carbocycles. The molecule has 0 spiro atoms. The second-order valence-electron chi connectivity index (χ2n) is 7.03. The Morgan fingerprint density at radius 3 is 2.61 bits per heavy atom. The molecule has 0 aliphatic heterocycles. The molecule has 0 fully saturated rings. The van der Waals surface area contributed by atoms with Crippen molar-refractivity contribution < 1.29 is 28.9 Å². The summed E-state index contributed by atoms with van der Waals surface area (Å²) in [7, 11) is 3.05. The number of allylic oxidation sites excluding steroid dienone is 6. The number of likely N-dealkylation sites (N-methyl/N-ethyl adjacent to an activating group) is 1. The second-order valence-corrected chi connectivity index (χ2v) is 7.03. The van der Waals surface area contributed by atoms with Crippen LogP contribution in [0.25, 0.3) is 0 Å². The maximum absolute atomic E-state index is 13.2. The molecular formula is C24H38FN3O5. The standard InChI is InChI=1S/C24H38FN3O5/c1-7-15-33-21(13-11-9-10-12-19(25)8-2)18(3)28(5)24(31)22(20(29)17-26-4)23(30)27-14-16-32-6/h7-8,10,12-13,15,18,23,27,29-30H,4,9,11,14,16-17H2,1-3,5-6H3/b12-10-,15-7-,19-8+,21-13-,22-20+. The van der Waals surface area contributed by atoms with Crippen LogP contribution in [0.4, 0.5) is 4.39 Å². The predicted molar refractivity (Wildman–Crippen MR) is 129 cm³/mol. The van der Waals surface area contributed by atoms with Gasteiger partial charge in [0.05, 0.1) is 31.0 Å². The molecule has 9 heteroatoms. The maximum atomic E-state index is 13.2. The van der Waals surface area contributed by atoms with Crippen LogP contribution in [0.15, 0.2) is 64.6 Å². The van der Waals surface area contributed by atoms with E-state index in [1.807, 2.05) is 6.08 Å². The molecule has 0 aromatic heterocycles. The van der Waals surface area contributed by atoms with Crippen LogP contribution in [0.3, 0.4) is 0 Å². The average Bonchev–Trinajstić information content (AvgIpc) is 2.80. The normalized spacial score (nSPS) is 15.5. The van der Waals surface area contributed by atoms with Crippen molar-refractivity contribution in [3.63, 3.8) is 0 Å². The average molecular weight is 468 g/mol. The Morgan fingerprint density at radius 2 is 2.03 bits per heavy atom. The lowest BCUT2D eigenvalue weighted by molar-refractivity contribution is -0.129. The smallest absolute Gasteiger partial charge is 0.257 e. The minimum atomic E-state index is -1.43.